The molecule has 4 heteroatoms. The molecule has 1 saturated heterocycles. The Morgan fingerprint density at radius 2 is 2.07 bits per heavy atom. The lowest BCUT2D eigenvalue weighted by Crippen LogP contribution is -2.55. The molecule has 1 aliphatic heterocycles. The van der Waals surface area contributed by atoms with Crippen molar-refractivity contribution < 1.29 is 0 Å². The molecule has 1 aromatic heterocycles. The van der Waals surface area contributed by atoms with Gasteiger partial charge in [-0.1, -0.05) is 0 Å². The summed E-state index contributed by atoms with van der Waals surface area (Å²) in [7, 11) is 4.43. The highest BCUT2D eigenvalue weighted by molar-refractivity contribution is 9.11. The van der Waals surface area contributed by atoms with Crippen molar-refractivity contribution in [3.63, 3.8) is 0 Å². The monoisotopic (exact) mass is 288 g/mol. The van der Waals surface area contributed by atoms with Crippen LogP contribution >= 0.6 is 27.3 Å². The van der Waals surface area contributed by atoms with Gasteiger partial charge in [0.25, 0.3) is 0 Å². The minimum Gasteiger partial charge on any atom is -0.303 e. The van der Waals surface area contributed by atoms with Crippen molar-refractivity contribution in [1.29, 1.82) is 0 Å². The van der Waals surface area contributed by atoms with Crippen LogP contribution in [0.1, 0.15) is 11.8 Å². The van der Waals surface area contributed by atoms with Crippen LogP contribution in [0.2, 0.25) is 0 Å². The highest BCUT2D eigenvalue weighted by atomic mass is 79.9. The Kier molecular flexibility index (Phi) is 3.22. The minimum absolute atomic E-state index is 0.170. The van der Waals surface area contributed by atoms with Crippen LogP contribution in [0.15, 0.2) is 15.9 Å². The molecule has 1 atom stereocenters. The molecule has 15 heavy (non-hydrogen) atoms. The van der Waals surface area contributed by atoms with Gasteiger partial charge >= 0.3 is 0 Å². The zero-order valence-corrected chi connectivity index (χ0v) is 11.9. The molecule has 0 aliphatic carbocycles. The molecule has 0 spiro atoms. The number of rotatable bonds is 1. The van der Waals surface area contributed by atoms with Crippen molar-refractivity contribution in [3.05, 3.63) is 20.8 Å². The number of hydrogen-bond acceptors (Lipinski definition) is 3. The third kappa shape index (κ3) is 2.13. The number of nitrogens with zero attached hydrogens (tertiary/aromatic N) is 2. The van der Waals surface area contributed by atoms with Crippen LogP contribution in [-0.2, 0) is 5.54 Å². The van der Waals surface area contributed by atoms with Crippen LogP contribution in [-0.4, -0.2) is 43.5 Å². The lowest BCUT2D eigenvalue weighted by atomic mass is 9.95. The molecule has 0 bridgehead atoms. The van der Waals surface area contributed by atoms with Crippen LogP contribution in [0, 0.1) is 0 Å². The fourth-order valence-electron chi connectivity index (χ4n) is 2.16. The van der Waals surface area contributed by atoms with E-state index in [1.807, 2.05) is 11.3 Å². The molecule has 0 N–H and O–H groups in total. The van der Waals surface area contributed by atoms with Gasteiger partial charge in [-0.3, -0.25) is 4.90 Å². The van der Waals surface area contributed by atoms with Gasteiger partial charge in [-0.15, -0.1) is 11.3 Å². The first-order valence-electron chi connectivity index (χ1n) is 5.18. The Balaban J connectivity index is 2.30. The second-order valence-electron chi connectivity index (χ2n) is 4.54. The van der Waals surface area contributed by atoms with E-state index in [1.165, 1.54) is 15.2 Å². The Morgan fingerprint density at radius 3 is 2.67 bits per heavy atom. The third-order valence-electron chi connectivity index (χ3n) is 3.34. The van der Waals surface area contributed by atoms with Crippen LogP contribution in [0.5, 0.6) is 0 Å². The SMILES string of the molecule is CN1CCN(C)C(C)(c2ccc(Br)s2)C1. The van der Waals surface area contributed by atoms with Crippen LogP contribution in [0.3, 0.4) is 0 Å². The van der Waals surface area contributed by atoms with Crippen molar-refractivity contribution in [1.82, 2.24) is 9.80 Å². The van der Waals surface area contributed by atoms with E-state index in [4.69, 9.17) is 0 Å². The number of likely N-dealkylation sites (N-methyl/N-ethyl adjacent to an activating group) is 2. The number of halogens is 1. The molecule has 1 unspecified atom stereocenters. The summed E-state index contributed by atoms with van der Waals surface area (Å²) in [5, 5.41) is 0. The van der Waals surface area contributed by atoms with Gasteiger partial charge in [0, 0.05) is 24.5 Å². The molecule has 1 aromatic rings. The Bertz CT molecular complexity index is 352. The number of hydrogen-bond donors (Lipinski definition) is 0. The molecule has 2 heterocycles. The Hall–Kier alpha value is 0.1000. The summed E-state index contributed by atoms with van der Waals surface area (Å²) in [4.78, 5) is 6.32. The predicted octanol–water partition coefficient (Wildman–Crippen LogP) is 2.60. The summed E-state index contributed by atoms with van der Waals surface area (Å²) in [6.45, 7) is 5.75. The normalized spacial score (nSPS) is 29.6. The first kappa shape index (κ1) is 11.6. The van der Waals surface area contributed by atoms with Gasteiger partial charge in [-0.05, 0) is 49.1 Å². The highest BCUT2D eigenvalue weighted by Crippen LogP contribution is 2.36. The zero-order valence-electron chi connectivity index (χ0n) is 9.46. The van der Waals surface area contributed by atoms with Crippen molar-refractivity contribution in [2.45, 2.75) is 12.5 Å². The van der Waals surface area contributed by atoms with Gasteiger partial charge in [-0.2, -0.15) is 0 Å². The topological polar surface area (TPSA) is 6.48 Å². The van der Waals surface area contributed by atoms with E-state index in [1.54, 1.807) is 0 Å². The third-order valence-corrected chi connectivity index (χ3v) is 5.22. The molecular formula is C11H17BrN2S. The van der Waals surface area contributed by atoms with E-state index in [9.17, 15) is 0 Å². The highest BCUT2D eigenvalue weighted by Gasteiger charge is 2.36. The first-order chi connectivity index (χ1) is 7.02. The van der Waals surface area contributed by atoms with Crippen molar-refractivity contribution in [2.24, 2.45) is 0 Å². The number of thiophene rings is 1. The minimum atomic E-state index is 0.170. The van der Waals surface area contributed by atoms with Crippen LogP contribution < -0.4 is 0 Å². The molecule has 0 aromatic carbocycles. The standard InChI is InChI=1S/C11H17BrN2S/c1-11(9-4-5-10(12)15-9)8-13(2)6-7-14(11)3/h4-5H,6-8H2,1-3H3. The van der Waals surface area contributed by atoms with Crippen LogP contribution in [0.25, 0.3) is 0 Å². The molecule has 1 aliphatic rings. The Morgan fingerprint density at radius 1 is 1.33 bits per heavy atom. The molecule has 84 valence electrons. The van der Waals surface area contributed by atoms with Crippen molar-refractivity contribution in [2.75, 3.05) is 33.7 Å². The van der Waals surface area contributed by atoms with E-state index in [0.29, 0.717) is 0 Å². The summed E-state index contributed by atoms with van der Waals surface area (Å²) < 4.78 is 1.22. The molecule has 0 radical (unpaired) electrons. The average molecular weight is 289 g/mol. The molecule has 2 nitrogen and oxygen atoms in total. The van der Waals surface area contributed by atoms with E-state index in [2.05, 4.69) is 58.9 Å². The van der Waals surface area contributed by atoms with Gasteiger partial charge < -0.3 is 4.90 Å². The summed E-state index contributed by atoms with van der Waals surface area (Å²) in [6.07, 6.45) is 0. The second-order valence-corrected chi connectivity index (χ2v) is 7.00. The maximum absolute atomic E-state index is 3.54. The van der Waals surface area contributed by atoms with Gasteiger partial charge in [-0.25, -0.2) is 0 Å². The fraction of sp³-hybridized carbons (Fsp3) is 0.636. The van der Waals surface area contributed by atoms with E-state index in [0.717, 1.165) is 13.1 Å². The number of piperazine rings is 1. The van der Waals surface area contributed by atoms with Crippen LogP contribution in [0.4, 0.5) is 0 Å². The van der Waals surface area contributed by atoms with Crippen molar-refractivity contribution >= 4 is 27.3 Å². The maximum atomic E-state index is 3.54. The van der Waals surface area contributed by atoms with Gasteiger partial charge in [0.1, 0.15) is 0 Å². The zero-order chi connectivity index (χ0) is 11.1. The first-order valence-corrected chi connectivity index (χ1v) is 6.79. The van der Waals surface area contributed by atoms with E-state index in [-0.39, 0.29) is 5.54 Å². The smallest absolute Gasteiger partial charge is 0.0702 e. The maximum Gasteiger partial charge on any atom is 0.0702 e. The molecule has 2 rings (SSSR count). The summed E-state index contributed by atoms with van der Waals surface area (Å²) in [6, 6.07) is 4.39. The largest absolute Gasteiger partial charge is 0.303 e. The summed E-state index contributed by atoms with van der Waals surface area (Å²) in [5.74, 6) is 0. The quantitative estimate of drug-likeness (QED) is 0.784. The molecule has 0 saturated carbocycles. The second kappa shape index (κ2) is 4.17. The van der Waals surface area contributed by atoms with Gasteiger partial charge in [0.15, 0.2) is 0 Å². The predicted molar refractivity (Wildman–Crippen MR) is 69.5 cm³/mol. The molecule has 1 fully saturated rings. The molecule has 0 amide bonds. The average Bonchev–Trinajstić information content (AvgIpc) is 2.59. The van der Waals surface area contributed by atoms with E-state index >= 15 is 0 Å². The Labute approximate surface area is 104 Å². The molecular weight excluding hydrogens is 272 g/mol. The fourth-order valence-corrected chi connectivity index (χ4v) is 3.74. The van der Waals surface area contributed by atoms with E-state index < -0.39 is 0 Å². The summed E-state index contributed by atoms with van der Waals surface area (Å²) >= 11 is 5.39. The lowest BCUT2D eigenvalue weighted by Gasteiger charge is -2.45. The lowest BCUT2D eigenvalue weighted by molar-refractivity contribution is 0.0406. The van der Waals surface area contributed by atoms with Crippen molar-refractivity contribution in [3.8, 4) is 0 Å². The van der Waals surface area contributed by atoms with Gasteiger partial charge in [0.2, 0.25) is 0 Å². The summed E-state index contributed by atoms with van der Waals surface area (Å²) in [5.41, 5.74) is 0.170. The van der Waals surface area contributed by atoms with Gasteiger partial charge in [0.05, 0.1) is 9.33 Å².